The summed E-state index contributed by atoms with van der Waals surface area (Å²) in [6.45, 7) is 5.96. The van der Waals surface area contributed by atoms with Crippen LogP contribution < -0.4 is 0 Å². The Bertz CT molecular complexity index is 96.4. The maximum Gasteiger partial charge on any atom is 0.239 e. The van der Waals surface area contributed by atoms with Crippen molar-refractivity contribution in [2.75, 3.05) is 0 Å². The molecule has 0 N–H and O–H groups in total. The fraction of sp³-hybridized carbons (Fsp3) is 1.00. The fourth-order valence-electron chi connectivity index (χ4n) is 0.496. The molecule has 0 aliphatic rings. The average molecular weight is 200 g/mol. The van der Waals surface area contributed by atoms with Crippen LogP contribution in [0.25, 0.3) is 0 Å². The van der Waals surface area contributed by atoms with E-state index in [9.17, 15) is 8.78 Å². The Labute approximate surface area is 74.9 Å². The zero-order valence-electron chi connectivity index (χ0n) is 7.01. The topological polar surface area (TPSA) is 0 Å². The molecule has 0 bridgehead atoms. The minimum absolute atomic E-state index is 0.00435. The molecule has 0 heterocycles. The van der Waals surface area contributed by atoms with E-state index in [4.69, 9.17) is 0 Å². The molecule has 0 amide bonds. The molecule has 0 radical (unpaired) electrons. The molecule has 0 aromatic rings. The lowest BCUT2D eigenvalue weighted by Crippen LogP contribution is -2.02. The van der Waals surface area contributed by atoms with Crippen molar-refractivity contribution < 1.29 is 8.78 Å². The summed E-state index contributed by atoms with van der Waals surface area (Å²) in [4.78, 5) is 0. The third-order valence-electron chi connectivity index (χ3n) is 0.922. The number of hydrogen-bond donors (Lipinski definition) is 0. The van der Waals surface area contributed by atoms with Gasteiger partial charge < -0.3 is 0 Å². The minimum atomic E-state index is -2.16. The van der Waals surface area contributed by atoms with Gasteiger partial charge in [-0.25, -0.2) is 8.78 Å². The van der Waals surface area contributed by atoms with Crippen molar-refractivity contribution in [2.24, 2.45) is 0 Å². The summed E-state index contributed by atoms with van der Waals surface area (Å²) in [6, 6.07) is 0. The third-order valence-corrected chi connectivity index (χ3v) is 4.41. The number of halogens is 2. The van der Waals surface area contributed by atoms with Crippen LogP contribution in [-0.4, -0.2) is 16.9 Å². The number of hydrogen-bond acceptors (Lipinski definition) is 2. The zero-order chi connectivity index (χ0) is 8.85. The van der Waals surface area contributed by atoms with Gasteiger partial charge in [0.25, 0.3) is 0 Å². The smallest absolute Gasteiger partial charge is 0.210 e. The van der Waals surface area contributed by atoms with Gasteiger partial charge in [-0.1, -0.05) is 42.4 Å². The van der Waals surface area contributed by atoms with Crippen molar-refractivity contribution in [3.63, 3.8) is 0 Å². The number of rotatable bonds is 5. The summed E-state index contributed by atoms with van der Waals surface area (Å²) < 4.78 is 23.6. The van der Waals surface area contributed by atoms with Crippen molar-refractivity contribution in [2.45, 2.75) is 44.1 Å². The highest BCUT2D eigenvalue weighted by molar-refractivity contribution is 8.77. The Balaban J connectivity index is 3.29. The normalized spacial score (nSPS) is 14.5. The molecule has 0 aromatic carbocycles. The van der Waals surface area contributed by atoms with Gasteiger partial charge in [0.15, 0.2) is 0 Å². The zero-order valence-corrected chi connectivity index (χ0v) is 8.64. The summed E-state index contributed by atoms with van der Waals surface area (Å²) in [6.07, 6.45) is -2.16. The van der Waals surface area contributed by atoms with E-state index in [1.807, 2.05) is 6.92 Å². The van der Waals surface area contributed by atoms with E-state index in [2.05, 4.69) is 13.8 Å². The van der Waals surface area contributed by atoms with Crippen LogP contribution in [-0.2, 0) is 0 Å². The maximum absolute atomic E-state index is 11.8. The monoisotopic (exact) mass is 200 g/mol. The molecule has 0 aliphatic heterocycles. The molecule has 1 atom stereocenters. The fourth-order valence-corrected chi connectivity index (χ4v) is 2.60. The largest absolute Gasteiger partial charge is 0.239 e. The lowest BCUT2D eigenvalue weighted by molar-refractivity contribution is 0.138. The van der Waals surface area contributed by atoms with Crippen LogP contribution in [0.1, 0.15) is 27.2 Å². The number of alkyl halides is 2. The van der Waals surface area contributed by atoms with E-state index in [-0.39, 0.29) is 11.7 Å². The molecule has 0 fully saturated rings. The summed E-state index contributed by atoms with van der Waals surface area (Å²) >= 11 is 0. The molecule has 0 aliphatic carbocycles. The van der Waals surface area contributed by atoms with Gasteiger partial charge in [0.2, 0.25) is 6.43 Å². The SMILES string of the molecule is CC(C)SSC(C)CC(F)F. The Morgan fingerprint density at radius 3 is 2.00 bits per heavy atom. The molecule has 11 heavy (non-hydrogen) atoms. The Morgan fingerprint density at radius 1 is 1.09 bits per heavy atom. The first-order valence-electron chi connectivity index (χ1n) is 3.62. The van der Waals surface area contributed by atoms with Gasteiger partial charge in [-0.05, 0) is 0 Å². The van der Waals surface area contributed by atoms with Gasteiger partial charge in [0.05, 0.1) is 0 Å². The molecule has 0 rings (SSSR count). The van der Waals surface area contributed by atoms with Crippen LogP contribution in [0.3, 0.4) is 0 Å². The summed E-state index contributed by atoms with van der Waals surface area (Å²) in [5, 5.41) is 0.572. The van der Waals surface area contributed by atoms with Crippen LogP contribution in [0.2, 0.25) is 0 Å². The van der Waals surface area contributed by atoms with Gasteiger partial charge in [0, 0.05) is 16.9 Å². The first kappa shape index (κ1) is 11.6. The molecule has 0 saturated carbocycles. The van der Waals surface area contributed by atoms with Gasteiger partial charge in [-0.3, -0.25) is 0 Å². The lowest BCUT2D eigenvalue weighted by atomic mass is 10.3. The average Bonchev–Trinajstić information content (AvgIpc) is 1.82. The second kappa shape index (κ2) is 6.12. The van der Waals surface area contributed by atoms with Gasteiger partial charge in [-0.15, -0.1) is 0 Å². The quantitative estimate of drug-likeness (QED) is 0.619. The Hall–Kier alpha value is 0.560. The maximum atomic E-state index is 11.8. The van der Waals surface area contributed by atoms with Crippen molar-refractivity contribution in [1.29, 1.82) is 0 Å². The van der Waals surface area contributed by atoms with Crippen LogP contribution in [0.5, 0.6) is 0 Å². The van der Waals surface area contributed by atoms with E-state index >= 15 is 0 Å². The molecule has 68 valence electrons. The van der Waals surface area contributed by atoms with Crippen molar-refractivity contribution >= 4 is 21.6 Å². The van der Waals surface area contributed by atoms with E-state index in [1.54, 1.807) is 21.6 Å². The highest BCUT2D eigenvalue weighted by Gasteiger charge is 2.11. The predicted molar refractivity (Wildman–Crippen MR) is 50.4 cm³/mol. The van der Waals surface area contributed by atoms with Crippen LogP contribution >= 0.6 is 21.6 Å². The molecule has 0 nitrogen and oxygen atoms in total. The van der Waals surface area contributed by atoms with E-state index in [0.29, 0.717) is 5.25 Å². The standard InChI is InChI=1S/C7H14F2S2/c1-5(2)10-11-6(3)4-7(8)9/h5-7H,4H2,1-3H3. The second-order valence-electron chi connectivity index (χ2n) is 2.68. The molecular weight excluding hydrogens is 186 g/mol. The van der Waals surface area contributed by atoms with Crippen molar-refractivity contribution in [1.82, 2.24) is 0 Å². The van der Waals surface area contributed by atoms with Crippen LogP contribution in [0.4, 0.5) is 8.78 Å². The highest BCUT2D eigenvalue weighted by Crippen LogP contribution is 2.32. The Morgan fingerprint density at radius 2 is 1.64 bits per heavy atom. The van der Waals surface area contributed by atoms with E-state index in [0.717, 1.165) is 0 Å². The van der Waals surface area contributed by atoms with Crippen LogP contribution in [0.15, 0.2) is 0 Å². The lowest BCUT2D eigenvalue weighted by Gasteiger charge is -2.10. The molecule has 1 unspecified atom stereocenters. The van der Waals surface area contributed by atoms with Gasteiger partial charge >= 0.3 is 0 Å². The summed E-state index contributed by atoms with van der Waals surface area (Å²) in [7, 11) is 3.21. The molecule has 0 saturated heterocycles. The summed E-state index contributed by atoms with van der Waals surface area (Å²) in [5.41, 5.74) is 0. The summed E-state index contributed by atoms with van der Waals surface area (Å²) in [5.74, 6) is 0. The van der Waals surface area contributed by atoms with E-state index in [1.165, 1.54) is 0 Å². The first-order valence-corrected chi connectivity index (χ1v) is 5.90. The van der Waals surface area contributed by atoms with Crippen LogP contribution in [0, 0.1) is 0 Å². The van der Waals surface area contributed by atoms with Crippen molar-refractivity contribution in [3.05, 3.63) is 0 Å². The van der Waals surface area contributed by atoms with Gasteiger partial charge in [0.1, 0.15) is 0 Å². The second-order valence-corrected chi connectivity index (χ2v) is 5.97. The molecular formula is C7H14F2S2. The molecule has 0 aromatic heterocycles. The van der Waals surface area contributed by atoms with E-state index < -0.39 is 6.43 Å². The minimum Gasteiger partial charge on any atom is -0.210 e. The molecule has 4 heteroatoms. The third kappa shape index (κ3) is 8.47. The predicted octanol–water partition coefficient (Wildman–Crippen LogP) is 3.82. The highest BCUT2D eigenvalue weighted by atomic mass is 33.1. The first-order chi connectivity index (χ1) is 5.02. The molecule has 0 spiro atoms. The Kier molecular flexibility index (Phi) is 6.43. The van der Waals surface area contributed by atoms with Gasteiger partial charge in [-0.2, -0.15) is 0 Å². The van der Waals surface area contributed by atoms with Crippen molar-refractivity contribution in [3.8, 4) is 0 Å².